The van der Waals surface area contributed by atoms with Crippen molar-refractivity contribution in [2.24, 2.45) is 11.8 Å². The van der Waals surface area contributed by atoms with Crippen LogP contribution in [-0.2, 0) is 0 Å². The maximum atomic E-state index is 5.68. The van der Waals surface area contributed by atoms with Gasteiger partial charge in [-0.15, -0.1) is 0 Å². The molecule has 1 aromatic rings. The lowest BCUT2D eigenvalue weighted by atomic mass is 9.73. The van der Waals surface area contributed by atoms with Crippen molar-refractivity contribution in [2.45, 2.75) is 65.1 Å². The van der Waals surface area contributed by atoms with Gasteiger partial charge < -0.3 is 14.6 Å². The van der Waals surface area contributed by atoms with E-state index in [2.05, 4.69) is 36.0 Å². The summed E-state index contributed by atoms with van der Waals surface area (Å²) in [5.74, 6) is 3.28. The second kappa shape index (κ2) is 6.09. The first kappa shape index (κ1) is 15.0. The number of nitrogens with one attached hydrogen (secondary N) is 1. The monoisotopic (exact) mass is 291 g/mol. The van der Waals surface area contributed by atoms with Crippen LogP contribution >= 0.6 is 0 Å². The molecule has 3 unspecified atom stereocenters. The summed E-state index contributed by atoms with van der Waals surface area (Å²) in [5, 5.41) is 3.83. The van der Waals surface area contributed by atoms with Crippen LogP contribution in [0.25, 0.3) is 0 Å². The van der Waals surface area contributed by atoms with Gasteiger partial charge in [0, 0.05) is 25.2 Å². The average Bonchev–Trinajstić information content (AvgIpc) is 2.84. The molecule has 1 aromatic heterocycles. The molecule has 1 aliphatic carbocycles. The molecule has 1 saturated heterocycles. The normalized spacial score (nSPS) is 31.6. The highest BCUT2D eigenvalue weighted by Gasteiger charge is 2.40. The molecular weight excluding hydrogens is 262 g/mol. The molecule has 1 saturated carbocycles. The van der Waals surface area contributed by atoms with E-state index in [9.17, 15) is 0 Å². The van der Waals surface area contributed by atoms with Crippen LogP contribution in [0.2, 0.25) is 0 Å². The van der Waals surface area contributed by atoms with E-state index in [1.54, 1.807) is 0 Å². The summed E-state index contributed by atoms with van der Waals surface area (Å²) >= 11 is 0. The molecular formula is C17H29N3O. The van der Waals surface area contributed by atoms with Crippen LogP contribution in [0, 0.1) is 18.8 Å². The minimum Gasteiger partial charge on any atom is -0.444 e. The quantitative estimate of drug-likeness (QED) is 0.925. The molecule has 0 spiro atoms. The second-order valence-electron chi connectivity index (χ2n) is 7.22. The number of rotatable bonds is 4. The summed E-state index contributed by atoms with van der Waals surface area (Å²) in [7, 11) is 0. The van der Waals surface area contributed by atoms with E-state index in [1.165, 1.54) is 32.4 Å². The standard InChI is InChI=1S/C17H29N3O/c1-11(2)20-9-14-6-5-7-15(10-20)16(14)19-13(4)17-18-8-12(3)21-17/h8,11,13-16,19H,5-7,9-10H2,1-4H3. The molecule has 2 heterocycles. The predicted octanol–water partition coefficient (Wildman–Crippen LogP) is 3.14. The summed E-state index contributed by atoms with van der Waals surface area (Å²) in [6.07, 6.45) is 5.92. The largest absolute Gasteiger partial charge is 0.444 e. The molecule has 2 fully saturated rings. The van der Waals surface area contributed by atoms with E-state index in [0.717, 1.165) is 23.5 Å². The lowest BCUT2D eigenvalue weighted by Crippen LogP contribution is -2.58. The van der Waals surface area contributed by atoms with E-state index >= 15 is 0 Å². The molecule has 0 radical (unpaired) electrons. The second-order valence-corrected chi connectivity index (χ2v) is 7.22. The summed E-state index contributed by atoms with van der Waals surface area (Å²) in [4.78, 5) is 7.04. The third-order valence-electron chi connectivity index (χ3n) is 5.29. The average molecular weight is 291 g/mol. The number of aryl methyl sites for hydroxylation is 1. The Morgan fingerprint density at radius 3 is 2.43 bits per heavy atom. The Balaban J connectivity index is 1.68. The number of piperidine rings is 1. The topological polar surface area (TPSA) is 41.3 Å². The number of hydrogen-bond acceptors (Lipinski definition) is 4. The van der Waals surface area contributed by atoms with E-state index in [1.807, 2.05) is 13.1 Å². The fourth-order valence-electron chi connectivity index (χ4n) is 4.10. The van der Waals surface area contributed by atoms with Crippen LogP contribution in [0.5, 0.6) is 0 Å². The van der Waals surface area contributed by atoms with Crippen LogP contribution in [0.3, 0.4) is 0 Å². The molecule has 0 aromatic carbocycles. The van der Waals surface area contributed by atoms with Crippen LogP contribution in [0.4, 0.5) is 0 Å². The first-order valence-electron chi connectivity index (χ1n) is 8.47. The summed E-state index contributed by atoms with van der Waals surface area (Å²) < 4.78 is 5.68. The third-order valence-corrected chi connectivity index (χ3v) is 5.29. The summed E-state index contributed by atoms with van der Waals surface area (Å²) in [5.41, 5.74) is 0. The van der Waals surface area contributed by atoms with Crippen LogP contribution in [-0.4, -0.2) is 35.1 Å². The minimum absolute atomic E-state index is 0.206. The van der Waals surface area contributed by atoms with Crippen molar-refractivity contribution in [3.8, 4) is 0 Å². The Bertz CT molecular complexity index is 456. The fourth-order valence-corrected chi connectivity index (χ4v) is 4.10. The Labute approximate surface area is 128 Å². The van der Waals surface area contributed by atoms with Gasteiger partial charge >= 0.3 is 0 Å². The SMILES string of the molecule is Cc1cnc(C(C)NC2C3CCCC2CN(C(C)C)C3)o1. The fraction of sp³-hybridized carbons (Fsp3) is 0.824. The Kier molecular flexibility index (Phi) is 4.36. The molecule has 1 N–H and O–H groups in total. The molecule has 3 atom stereocenters. The summed E-state index contributed by atoms with van der Waals surface area (Å²) in [6.45, 7) is 11.3. The highest BCUT2D eigenvalue weighted by molar-refractivity contribution is 5.00. The van der Waals surface area contributed by atoms with Gasteiger partial charge in [0.15, 0.2) is 0 Å². The van der Waals surface area contributed by atoms with Crippen molar-refractivity contribution in [2.75, 3.05) is 13.1 Å². The maximum Gasteiger partial charge on any atom is 0.211 e. The number of likely N-dealkylation sites (tertiary alicyclic amines) is 1. The number of nitrogens with zero attached hydrogens (tertiary/aromatic N) is 2. The van der Waals surface area contributed by atoms with Gasteiger partial charge in [-0.25, -0.2) is 4.98 Å². The van der Waals surface area contributed by atoms with E-state index in [0.29, 0.717) is 12.1 Å². The van der Waals surface area contributed by atoms with Gasteiger partial charge in [-0.3, -0.25) is 0 Å². The highest BCUT2D eigenvalue weighted by atomic mass is 16.4. The molecule has 2 aliphatic rings. The minimum atomic E-state index is 0.206. The molecule has 2 bridgehead atoms. The Morgan fingerprint density at radius 1 is 1.24 bits per heavy atom. The first-order valence-corrected chi connectivity index (χ1v) is 8.47. The van der Waals surface area contributed by atoms with Gasteiger partial charge in [-0.05, 0) is 52.4 Å². The molecule has 4 nitrogen and oxygen atoms in total. The van der Waals surface area contributed by atoms with Crippen molar-refractivity contribution in [1.82, 2.24) is 15.2 Å². The Hall–Kier alpha value is -0.870. The van der Waals surface area contributed by atoms with Crippen molar-refractivity contribution in [3.05, 3.63) is 17.8 Å². The van der Waals surface area contributed by atoms with E-state index in [4.69, 9.17) is 4.42 Å². The van der Waals surface area contributed by atoms with E-state index in [-0.39, 0.29) is 6.04 Å². The number of aromatic nitrogens is 1. The molecule has 3 rings (SSSR count). The van der Waals surface area contributed by atoms with Gasteiger partial charge in [-0.1, -0.05) is 6.42 Å². The smallest absolute Gasteiger partial charge is 0.211 e. The first-order chi connectivity index (χ1) is 10.0. The molecule has 21 heavy (non-hydrogen) atoms. The number of hydrogen-bond donors (Lipinski definition) is 1. The lowest BCUT2D eigenvalue weighted by Gasteiger charge is -2.49. The van der Waals surface area contributed by atoms with Crippen LogP contribution in [0.15, 0.2) is 10.6 Å². The zero-order valence-corrected chi connectivity index (χ0v) is 13.8. The third kappa shape index (κ3) is 3.16. The van der Waals surface area contributed by atoms with Gasteiger partial charge in [-0.2, -0.15) is 0 Å². The lowest BCUT2D eigenvalue weighted by molar-refractivity contribution is 0.0244. The van der Waals surface area contributed by atoms with Crippen molar-refractivity contribution < 1.29 is 4.42 Å². The molecule has 0 amide bonds. The van der Waals surface area contributed by atoms with E-state index < -0.39 is 0 Å². The molecule has 118 valence electrons. The van der Waals surface area contributed by atoms with Crippen molar-refractivity contribution in [3.63, 3.8) is 0 Å². The zero-order valence-electron chi connectivity index (χ0n) is 13.8. The van der Waals surface area contributed by atoms with Crippen molar-refractivity contribution >= 4 is 0 Å². The van der Waals surface area contributed by atoms with Gasteiger partial charge in [0.05, 0.1) is 12.2 Å². The predicted molar refractivity (Wildman–Crippen MR) is 84.1 cm³/mol. The Morgan fingerprint density at radius 2 is 1.90 bits per heavy atom. The summed E-state index contributed by atoms with van der Waals surface area (Å²) in [6, 6.07) is 1.49. The molecule has 4 heteroatoms. The zero-order chi connectivity index (χ0) is 15.0. The van der Waals surface area contributed by atoms with Gasteiger partial charge in [0.1, 0.15) is 5.76 Å². The molecule has 1 aliphatic heterocycles. The number of oxazole rings is 1. The maximum absolute atomic E-state index is 5.68. The van der Waals surface area contributed by atoms with Gasteiger partial charge in [0.2, 0.25) is 5.89 Å². The van der Waals surface area contributed by atoms with Crippen LogP contribution in [0.1, 0.15) is 57.7 Å². The van der Waals surface area contributed by atoms with Crippen molar-refractivity contribution in [1.29, 1.82) is 0 Å². The van der Waals surface area contributed by atoms with Gasteiger partial charge in [0.25, 0.3) is 0 Å². The number of fused-ring (bicyclic) bond motifs is 2. The van der Waals surface area contributed by atoms with Crippen LogP contribution < -0.4 is 5.32 Å². The highest BCUT2D eigenvalue weighted by Crippen LogP contribution is 2.36.